The highest BCUT2D eigenvalue weighted by atomic mass is 32.2. The number of hydrogen-bond acceptors (Lipinski definition) is 2. The highest BCUT2D eigenvalue weighted by molar-refractivity contribution is 7.98. The van der Waals surface area contributed by atoms with E-state index in [2.05, 4.69) is 0 Å². The fraction of sp³-hybridized carbons (Fsp3) is 1.00. The molecule has 0 heterocycles. The average molecular weight is 155 g/mol. The van der Waals surface area contributed by atoms with E-state index in [9.17, 15) is 8.78 Å². The molecule has 0 aliphatic rings. The van der Waals surface area contributed by atoms with Crippen LogP contribution in [0.4, 0.5) is 8.78 Å². The van der Waals surface area contributed by atoms with Gasteiger partial charge in [0, 0.05) is 0 Å². The zero-order chi connectivity index (χ0) is 7.28. The van der Waals surface area contributed by atoms with Crippen molar-refractivity contribution >= 4 is 11.8 Å². The molecule has 0 aliphatic heterocycles. The standard InChI is InChI=1S/C5H11F2NS/c1-9-3-2-4(8)5(6)7/h4-5H,2-3,8H2,1H3. The molecule has 9 heavy (non-hydrogen) atoms. The van der Waals surface area contributed by atoms with E-state index < -0.39 is 12.5 Å². The molecular formula is C5H11F2NS. The summed E-state index contributed by atoms with van der Waals surface area (Å²) in [7, 11) is 0. The molecule has 0 aromatic heterocycles. The van der Waals surface area contributed by atoms with Crippen molar-refractivity contribution in [2.45, 2.75) is 18.9 Å². The maximum atomic E-state index is 11.6. The number of thioether (sulfide) groups is 1. The Kier molecular flexibility index (Phi) is 5.09. The predicted molar refractivity (Wildman–Crippen MR) is 37.0 cm³/mol. The largest absolute Gasteiger partial charge is 0.323 e. The van der Waals surface area contributed by atoms with Crippen molar-refractivity contribution in [1.82, 2.24) is 0 Å². The molecule has 0 rings (SSSR count). The Morgan fingerprint density at radius 2 is 2.11 bits per heavy atom. The zero-order valence-electron chi connectivity index (χ0n) is 5.31. The molecule has 1 nitrogen and oxygen atoms in total. The molecular weight excluding hydrogens is 144 g/mol. The van der Waals surface area contributed by atoms with Gasteiger partial charge in [0.1, 0.15) is 0 Å². The summed E-state index contributed by atoms with van der Waals surface area (Å²) in [6, 6.07) is -0.933. The summed E-state index contributed by atoms with van der Waals surface area (Å²) in [4.78, 5) is 0. The van der Waals surface area contributed by atoms with Crippen molar-refractivity contribution in [3.63, 3.8) is 0 Å². The number of nitrogens with two attached hydrogens (primary N) is 1. The fourth-order valence-corrected chi connectivity index (χ4v) is 0.888. The summed E-state index contributed by atoms with van der Waals surface area (Å²) in [5, 5.41) is 0. The van der Waals surface area contributed by atoms with Gasteiger partial charge in [-0.3, -0.25) is 0 Å². The number of alkyl halides is 2. The molecule has 0 saturated heterocycles. The van der Waals surface area contributed by atoms with Crippen molar-refractivity contribution in [3.05, 3.63) is 0 Å². The van der Waals surface area contributed by atoms with E-state index in [-0.39, 0.29) is 0 Å². The van der Waals surface area contributed by atoms with Crippen molar-refractivity contribution in [2.24, 2.45) is 5.73 Å². The Morgan fingerprint density at radius 3 is 2.44 bits per heavy atom. The summed E-state index contributed by atoms with van der Waals surface area (Å²) in [6.45, 7) is 0. The van der Waals surface area contributed by atoms with E-state index in [1.807, 2.05) is 6.26 Å². The predicted octanol–water partition coefficient (Wildman–Crippen LogP) is 1.33. The summed E-state index contributed by atoms with van der Waals surface area (Å²) in [6.07, 6.45) is -0.0889. The van der Waals surface area contributed by atoms with Gasteiger partial charge in [0.25, 0.3) is 6.43 Å². The van der Waals surface area contributed by atoms with Crippen molar-refractivity contribution in [2.75, 3.05) is 12.0 Å². The van der Waals surface area contributed by atoms with E-state index in [0.29, 0.717) is 12.2 Å². The second kappa shape index (κ2) is 4.99. The zero-order valence-corrected chi connectivity index (χ0v) is 6.13. The Labute approximate surface area is 58.0 Å². The van der Waals surface area contributed by atoms with Crippen LogP contribution in [0, 0.1) is 0 Å². The first kappa shape index (κ1) is 9.17. The van der Waals surface area contributed by atoms with Gasteiger partial charge in [0.2, 0.25) is 0 Å². The van der Waals surface area contributed by atoms with Crippen LogP contribution in [-0.2, 0) is 0 Å². The highest BCUT2D eigenvalue weighted by Crippen LogP contribution is 2.05. The Bertz CT molecular complexity index is 70.0. The molecule has 2 N–H and O–H groups in total. The molecule has 1 atom stereocenters. The van der Waals surface area contributed by atoms with Gasteiger partial charge in [0.05, 0.1) is 6.04 Å². The maximum Gasteiger partial charge on any atom is 0.253 e. The monoisotopic (exact) mass is 155 g/mol. The molecule has 0 radical (unpaired) electrons. The molecule has 0 fully saturated rings. The normalized spacial score (nSPS) is 14.3. The van der Waals surface area contributed by atoms with E-state index >= 15 is 0 Å². The molecule has 4 heteroatoms. The maximum absolute atomic E-state index is 11.6. The minimum absolute atomic E-state index is 0.402. The van der Waals surface area contributed by atoms with Gasteiger partial charge < -0.3 is 5.73 Å². The molecule has 0 bridgehead atoms. The smallest absolute Gasteiger partial charge is 0.253 e. The molecule has 1 unspecified atom stereocenters. The van der Waals surface area contributed by atoms with E-state index in [4.69, 9.17) is 5.73 Å². The van der Waals surface area contributed by atoms with Gasteiger partial charge in [0.15, 0.2) is 0 Å². The van der Waals surface area contributed by atoms with Crippen molar-refractivity contribution in [3.8, 4) is 0 Å². The third-order valence-corrected chi connectivity index (χ3v) is 1.62. The molecule has 56 valence electrons. The first-order chi connectivity index (χ1) is 4.18. The quantitative estimate of drug-likeness (QED) is 0.662. The second-order valence-electron chi connectivity index (χ2n) is 1.78. The van der Waals surface area contributed by atoms with Crippen molar-refractivity contribution in [1.29, 1.82) is 0 Å². The van der Waals surface area contributed by atoms with Gasteiger partial charge in [-0.15, -0.1) is 0 Å². The SMILES string of the molecule is CSCCC(N)C(F)F. The number of halogens is 2. The van der Waals surface area contributed by atoms with Crippen LogP contribution >= 0.6 is 11.8 Å². The summed E-state index contributed by atoms with van der Waals surface area (Å²) in [5.41, 5.74) is 5.04. The van der Waals surface area contributed by atoms with Gasteiger partial charge in [-0.1, -0.05) is 0 Å². The van der Waals surface area contributed by atoms with Crippen LogP contribution in [0.2, 0.25) is 0 Å². The molecule has 0 aliphatic carbocycles. The average Bonchev–Trinajstić information content (AvgIpc) is 1.82. The van der Waals surface area contributed by atoms with E-state index in [0.717, 1.165) is 0 Å². The van der Waals surface area contributed by atoms with Crippen LogP contribution in [-0.4, -0.2) is 24.5 Å². The minimum atomic E-state index is -2.36. The molecule has 0 aromatic carbocycles. The van der Waals surface area contributed by atoms with E-state index in [1.165, 1.54) is 11.8 Å². The first-order valence-corrected chi connectivity index (χ1v) is 4.10. The lowest BCUT2D eigenvalue weighted by molar-refractivity contribution is 0.115. The Morgan fingerprint density at radius 1 is 1.56 bits per heavy atom. The molecule has 0 spiro atoms. The van der Waals surface area contributed by atoms with Crippen molar-refractivity contribution < 1.29 is 8.78 Å². The topological polar surface area (TPSA) is 26.0 Å². The van der Waals surface area contributed by atoms with Crippen LogP contribution in [0.5, 0.6) is 0 Å². The lowest BCUT2D eigenvalue weighted by Crippen LogP contribution is -2.28. The number of rotatable bonds is 4. The number of hydrogen-bond donors (Lipinski definition) is 1. The molecule has 0 saturated carbocycles. The molecule has 0 amide bonds. The lowest BCUT2D eigenvalue weighted by atomic mass is 10.2. The van der Waals surface area contributed by atoms with Crippen LogP contribution in [0.3, 0.4) is 0 Å². The Balaban J connectivity index is 3.16. The van der Waals surface area contributed by atoms with Crippen LogP contribution < -0.4 is 5.73 Å². The highest BCUT2D eigenvalue weighted by Gasteiger charge is 2.13. The third kappa shape index (κ3) is 4.66. The Hall–Kier alpha value is 0.170. The molecule has 0 aromatic rings. The van der Waals surface area contributed by atoms with Gasteiger partial charge in [-0.25, -0.2) is 8.78 Å². The lowest BCUT2D eigenvalue weighted by Gasteiger charge is -2.07. The third-order valence-electron chi connectivity index (χ3n) is 0.979. The van der Waals surface area contributed by atoms with Gasteiger partial charge >= 0.3 is 0 Å². The van der Waals surface area contributed by atoms with Gasteiger partial charge in [-0.05, 0) is 18.4 Å². The summed E-state index contributed by atoms with van der Waals surface area (Å²) in [5.74, 6) is 0.714. The van der Waals surface area contributed by atoms with E-state index in [1.54, 1.807) is 0 Å². The van der Waals surface area contributed by atoms with Gasteiger partial charge in [-0.2, -0.15) is 11.8 Å². The summed E-state index contributed by atoms with van der Waals surface area (Å²) < 4.78 is 23.2. The fourth-order valence-electron chi connectivity index (χ4n) is 0.380. The minimum Gasteiger partial charge on any atom is -0.323 e. The summed E-state index contributed by atoms with van der Waals surface area (Å²) >= 11 is 1.53. The first-order valence-electron chi connectivity index (χ1n) is 2.71. The van der Waals surface area contributed by atoms with Crippen LogP contribution in [0.1, 0.15) is 6.42 Å². The van der Waals surface area contributed by atoms with Crippen LogP contribution in [0.15, 0.2) is 0 Å². The van der Waals surface area contributed by atoms with Crippen LogP contribution in [0.25, 0.3) is 0 Å². The second-order valence-corrected chi connectivity index (χ2v) is 2.77.